The molecular weight excluding hydrogens is 877 g/mol. The van der Waals surface area contributed by atoms with Crippen LogP contribution in [0.2, 0.25) is 0 Å². The number of ether oxygens (including phenoxy) is 3. The SMILES string of the molecule is CC/C=C\C/C=C\C/C=C\C/C=C\C/C=C\CCCCCCCCCCCC(=O)OCC(COC(=O)CCCCCCC/C=C\CCCCCC)OC(=O)CCCCCCC/C=C\C/C=C\CCCCC. The van der Waals surface area contributed by atoms with E-state index in [1.54, 1.807) is 0 Å². The van der Waals surface area contributed by atoms with Gasteiger partial charge in [-0.05, 0) is 122 Å². The summed E-state index contributed by atoms with van der Waals surface area (Å²) in [7, 11) is 0. The largest absolute Gasteiger partial charge is 0.462 e. The van der Waals surface area contributed by atoms with Gasteiger partial charge < -0.3 is 14.2 Å². The van der Waals surface area contributed by atoms with Crippen LogP contribution in [0.1, 0.15) is 278 Å². The molecule has 1 atom stereocenters. The minimum absolute atomic E-state index is 0.0890. The summed E-state index contributed by atoms with van der Waals surface area (Å²) >= 11 is 0. The van der Waals surface area contributed by atoms with Crippen LogP contribution in [-0.4, -0.2) is 37.2 Å². The molecule has 0 N–H and O–H groups in total. The summed E-state index contributed by atoms with van der Waals surface area (Å²) in [6.45, 7) is 6.47. The van der Waals surface area contributed by atoms with Gasteiger partial charge in [0.05, 0.1) is 0 Å². The second kappa shape index (κ2) is 58.9. The van der Waals surface area contributed by atoms with Crippen molar-refractivity contribution in [2.45, 2.75) is 284 Å². The van der Waals surface area contributed by atoms with Gasteiger partial charge in [0.2, 0.25) is 0 Å². The predicted octanol–water partition coefficient (Wildman–Crippen LogP) is 20.1. The summed E-state index contributed by atoms with van der Waals surface area (Å²) in [6.07, 6.45) is 78.3. The monoisotopic (exact) mass is 987 g/mol. The zero-order valence-corrected chi connectivity index (χ0v) is 46.5. The molecule has 0 spiro atoms. The molecule has 406 valence electrons. The van der Waals surface area contributed by atoms with Crippen LogP contribution < -0.4 is 0 Å². The third kappa shape index (κ3) is 57.1. The summed E-state index contributed by atoms with van der Waals surface area (Å²) < 4.78 is 16.9. The maximum Gasteiger partial charge on any atom is 0.306 e. The van der Waals surface area contributed by atoms with Crippen molar-refractivity contribution in [3.05, 3.63) is 97.2 Å². The Hall–Kier alpha value is -3.67. The molecule has 0 rings (SSSR count). The van der Waals surface area contributed by atoms with Gasteiger partial charge in [-0.2, -0.15) is 0 Å². The molecule has 0 bridgehead atoms. The molecule has 71 heavy (non-hydrogen) atoms. The summed E-state index contributed by atoms with van der Waals surface area (Å²) in [5, 5.41) is 0. The molecule has 0 saturated carbocycles. The Balaban J connectivity index is 4.34. The van der Waals surface area contributed by atoms with E-state index in [1.165, 1.54) is 109 Å². The third-order valence-electron chi connectivity index (χ3n) is 12.5. The first kappa shape index (κ1) is 67.3. The first-order valence-electron chi connectivity index (χ1n) is 29.7. The van der Waals surface area contributed by atoms with Crippen LogP contribution in [0.25, 0.3) is 0 Å². The highest BCUT2D eigenvalue weighted by Crippen LogP contribution is 2.15. The molecule has 0 radical (unpaired) electrons. The van der Waals surface area contributed by atoms with E-state index in [9.17, 15) is 14.4 Å². The number of carbonyl (C=O) groups is 3. The standard InChI is InChI=1S/C65H110O6/c1-4-7-10-13-16-19-22-25-27-28-29-30-31-32-33-34-35-36-38-40-43-46-49-52-55-58-64(67)70-61-62(60-69-63(66)57-54-51-48-45-42-39-24-21-18-15-12-9-6-3)71-65(68)59-56-53-50-47-44-41-37-26-23-20-17-14-11-8-5-2/h7,10,16-17,19-21,24-27,29-30,32-33,37,62H,4-6,8-9,11-15,18,22-23,28,31,34-36,38-61H2,1-3H3/b10-7-,19-16-,20-17-,24-21-,27-25-,30-29-,33-32-,37-26-. The fourth-order valence-electron chi connectivity index (χ4n) is 8.08. The molecule has 0 amide bonds. The molecule has 0 aromatic rings. The Morgan fingerprint density at radius 3 is 0.901 bits per heavy atom. The van der Waals surface area contributed by atoms with Crippen molar-refractivity contribution in [1.82, 2.24) is 0 Å². The Morgan fingerprint density at radius 1 is 0.296 bits per heavy atom. The van der Waals surface area contributed by atoms with Crippen LogP contribution in [0.3, 0.4) is 0 Å². The minimum atomic E-state index is -0.791. The van der Waals surface area contributed by atoms with E-state index >= 15 is 0 Å². The molecule has 6 nitrogen and oxygen atoms in total. The van der Waals surface area contributed by atoms with Crippen LogP contribution in [0.4, 0.5) is 0 Å². The quantitative estimate of drug-likeness (QED) is 0.0261. The fourth-order valence-corrected chi connectivity index (χ4v) is 8.08. The Morgan fingerprint density at radius 2 is 0.549 bits per heavy atom. The van der Waals surface area contributed by atoms with Crippen molar-refractivity contribution in [1.29, 1.82) is 0 Å². The molecule has 0 saturated heterocycles. The van der Waals surface area contributed by atoms with Crippen LogP contribution in [-0.2, 0) is 28.6 Å². The lowest BCUT2D eigenvalue weighted by atomic mass is 10.1. The number of hydrogen-bond acceptors (Lipinski definition) is 6. The van der Waals surface area contributed by atoms with Crippen molar-refractivity contribution in [2.75, 3.05) is 13.2 Å². The van der Waals surface area contributed by atoms with E-state index in [2.05, 4.69) is 118 Å². The second-order valence-electron chi connectivity index (χ2n) is 19.5. The van der Waals surface area contributed by atoms with Gasteiger partial charge in [0, 0.05) is 19.3 Å². The molecule has 1 unspecified atom stereocenters. The average Bonchev–Trinajstić information content (AvgIpc) is 3.37. The molecule has 0 fully saturated rings. The van der Waals surface area contributed by atoms with Crippen molar-refractivity contribution >= 4 is 17.9 Å². The number of carbonyl (C=O) groups excluding carboxylic acids is 3. The summed E-state index contributed by atoms with van der Waals surface area (Å²) in [4.78, 5) is 38.2. The highest BCUT2D eigenvalue weighted by molar-refractivity contribution is 5.71. The van der Waals surface area contributed by atoms with Gasteiger partial charge in [-0.3, -0.25) is 14.4 Å². The molecule has 0 aliphatic rings. The van der Waals surface area contributed by atoms with E-state index < -0.39 is 6.10 Å². The van der Waals surface area contributed by atoms with Crippen molar-refractivity contribution in [2.24, 2.45) is 0 Å². The number of hydrogen-bond donors (Lipinski definition) is 0. The van der Waals surface area contributed by atoms with Gasteiger partial charge in [0.1, 0.15) is 13.2 Å². The van der Waals surface area contributed by atoms with Crippen molar-refractivity contribution in [3.63, 3.8) is 0 Å². The van der Waals surface area contributed by atoms with E-state index in [1.807, 2.05) is 0 Å². The van der Waals surface area contributed by atoms with E-state index in [0.717, 1.165) is 128 Å². The van der Waals surface area contributed by atoms with E-state index in [0.29, 0.717) is 19.3 Å². The molecule has 0 aliphatic heterocycles. The van der Waals surface area contributed by atoms with Gasteiger partial charge in [0.15, 0.2) is 6.10 Å². The minimum Gasteiger partial charge on any atom is -0.462 e. The Bertz CT molecular complexity index is 1410. The molecule has 0 aromatic heterocycles. The number of esters is 3. The third-order valence-corrected chi connectivity index (χ3v) is 12.5. The second-order valence-corrected chi connectivity index (χ2v) is 19.5. The molecule has 6 heteroatoms. The van der Waals surface area contributed by atoms with Gasteiger partial charge in [-0.1, -0.05) is 234 Å². The topological polar surface area (TPSA) is 78.9 Å². The van der Waals surface area contributed by atoms with Gasteiger partial charge >= 0.3 is 17.9 Å². The van der Waals surface area contributed by atoms with Crippen LogP contribution in [0, 0.1) is 0 Å². The van der Waals surface area contributed by atoms with Crippen LogP contribution >= 0.6 is 0 Å². The highest BCUT2D eigenvalue weighted by Gasteiger charge is 2.19. The summed E-state index contributed by atoms with van der Waals surface area (Å²) in [5.74, 6) is -0.913. The number of rotatable bonds is 53. The van der Waals surface area contributed by atoms with Gasteiger partial charge in [-0.25, -0.2) is 0 Å². The molecular formula is C65H110O6. The van der Waals surface area contributed by atoms with Gasteiger partial charge in [-0.15, -0.1) is 0 Å². The lowest BCUT2D eigenvalue weighted by Crippen LogP contribution is -2.30. The normalized spacial score (nSPS) is 12.8. The first-order valence-corrected chi connectivity index (χ1v) is 29.7. The average molecular weight is 988 g/mol. The molecule has 0 aliphatic carbocycles. The summed E-state index contributed by atoms with van der Waals surface area (Å²) in [6, 6.07) is 0. The number of allylic oxidation sites excluding steroid dienone is 16. The Labute approximate surface area is 438 Å². The molecule has 0 aromatic carbocycles. The van der Waals surface area contributed by atoms with Crippen LogP contribution in [0.15, 0.2) is 97.2 Å². The zero-order valence-electron chi connectivity index (χ0n) is 46.5. The smallest absolute Gasteiger partial charge is 0.306 e. The first-order chi connectivity index (χ1) is 35.0. The zero-order chi connectivity index (χ0) is 51.4. The fraction of sp³-hybridized carbons (Fsp3) is 0.708. The maximum atomic E-state index is 12.8. The van der Waals surface area contributed by atoms with Gasteiger partial charge in [0.25, 0.3) is 0 Å². The lowest BCUT2D eigenvalue weighted by molar-refractivity contribution is -0.167. The summed E-state index contributed by atoms with van der Waals surface area (Å²) in [5.41, 5.74) is 0. The predicted molar refractivity (Wildman–Crippen MR) is 307 cm³/mol. The lowest BCUT2D eigenvalue weighted by Gasteiger charge is -2.18. The highest BCUT2D eigenvalue weighted by atomic mass is 16.6. The van der Waals surface area contributed by atoms with Crippen molar-refractivity contribution < 1.29 is 28.6 Å². The number of unbranched alkanes of at least 4 members (excludes halogenated alkanes) is 26. The van der Waals surface area contributed by atoms with Crippen LogP contribution in [0.5, 0.6) is 0 Å². The van der Waals surface area contributed by atoms with E-state index in [-0.39, 0.29) is 31.1 Å². The maximum absolute atomic E-state index is 12.8. The van der Waals surface area contributed by atoms with E-state index in [4.69, 9.17) is 14.2 Å². The Kier molecular flexibility index (Phi) is 55.9. The molecule has 0 heterocycles. The van der Waals surface area contributed by atoms with Crippen molar-refractivity contribution in [3.8, 4) is 0 Å².